The summed E-state index contributed by atoms with van der Waals surface area (Å²) in [6, 6.07) is 11.7. The Balaban J connectivity index is 1.89. The molecule has 6 nitrogen and oxygen atoms in total. The topological polar surface area (TPSA) is 81.1 Å². The first kappa shape index (κ1) is 17.7. The molecule has 0 unspecified atom stereocenters. The average molecular weight is 394 g/mol. The van der Waals surface area contributed by atoms with E-state index in [1.807, 2.05) is 12.3 Å². The van der Waals surface area contributed by atoms with Gasteiger partial charge in [0.1, 0.15) is 4.21 Å². The summed E-state index contributed by atoms with van der Waals surface area (Å²) in [5.74, 6) is 0. The minimum Gasteiger partial charge on any atom is -0.279 e. The third-order valence-electron chi connectivity index (χ3n) is 3.42. The van der Waals surface area contributed by atoms with Gasteiger partial charge in [0.2, 0.25) is 0 Å². The molecule has 3 rings (SSSR count). The largest absolute Gasteiger partial charge is 0.279 e. The average Bonchev–Trinajstić information content (AvgIpc) is 3.08. The first-order valence-electron chi connectivity index (χ1n) is 7.19. The lowest BCUT2D eigenvalue weighted by Crippen LogP contribution is -2.18. The summed E-state index contributed by atoms with van der Waals surface area (Å²) >= 11 is 2.65. The van der Waals surface area contributed by atoms with Gasteiger partial charge in [0.15, 0.2) is 0 Å². The number of aryl methyl sites for hydroxylation is 1. The number of thiophene rings is 1. The van der Waals surface area contributed by atoms with Crippen molar-refractivity contribution in [3.8, 4) is 11.3 Å². The molecule has 9 heteroatoms. The van der Waals surface area contributed by atoms with Crippen molar-refractivity contribution in [1.82, 2.24) is 9.78 Å². The predicted octanol–water partition coefficient (Wildman–Crippen LogP) is 3.03. The molecule has 130 valence electrons. The number of nitrogens with zero attached hydrogens (tertiary/aromatic N) is 2. The molecule has 0 saturated carbocycles. The van der Waals surface area contributed by atoms with Crippen LogP contribution >= 0.6 is 23.1 Å². The number of hydrogen-bond donors (Lipinski definition) is 1. The highest BCUT2D eigenvalue weighted by molar-refractivity contribution is 7.98. The molecule has 0 bridgehead atoms. The maximum absolute atomic E-state index is 12.6. The predicted molar refractivity (Wildman–Crippen MR) is 102 cm³/mol. The Morgan fingerprint density at radius 2 is 2.00 bits per heavy atom. The molecule has 0 aliphatic carbocycles. The molecule has 0 amide bonds. The normalized spacial score (nSPS) is 11.4. The molecule has 0 aliphatic rings. The highest BCUT2D eigenvalue weighted by atomic mass is 32.2. The summed E-state index contributed by atoms with van der Waals surface area (Å²) in [6.07, 6.45) is 1.93. The van der Waals surface area contributed by atoms with E-state index in [0.29, 0.717) is 16.9 Å². The van der Waals surface area contributed by atoms with Crippen LogP contribution in [0.4, 0.5) is 5.69 Å². The lowest BCUT2D eigenvalue weighted by atomic mass is 10.2. The SMILES string of the molecule is CSc1cccc(NS(=O)(=O)c2cc(-c3ccc(=O)n(C)n3)cs2)c1. The smallest absolute Gasteiger partial charge is 0.271 e. The van der Waals surface area contributed by atoms with Gasteiger partial charge in [-0.15, -0.1) is 23.1 Å². The van der Waals surface area contributed by atoms with Crippen LogP contribution < -0.4 is 10.3 Å². The van der Waals surface area contributed by atoms with Gasteiger partial charge in [0.25, 0.3) is 15.6 Å². The Labute approximate surface area is 153 Å². The molecular formula is C16H15N3O3S3. The number of hydrogen-bond acceptors (Lipinski definition) is 6. The fourth-order valence-electron chi connectivity index (χ4n) is 2.14. The van der Waals surface area contributed by atoms with Crippen LogP contribution in [0.15, 0.2) is 61.7 Å². The summed E-state index contributed by atoms with van der Waals surface area (Å²) in [6.45, 7) is 0. The zero-order valence-corrected chi connectivity index (χ0v) is 15.9. The number of aromatic nitrogens is 2. The van der Waals surface area contributed by atoms with E-state index in [2.05, 4.69) is 9.82 Å². The quantitative estimate of drug-likeness (QED) is 0.674. The van der Waals surface area contributed by atoms with Crippen molar-refractivity contribution in [2.24, 2.45) is 7.05 Å². The highest BCUT2D eigenvalue weighted by Crippen LogP contribution is 2.29. The number of sulfonamides is 1. The maximum Gasteiger partial charge on any atom is 0.271 e. The van der Waals surface area contributed by atoms with Crippen LogP contribution in [0.2, 0.25) is 0 Å². The Kier molecular flexibility index (Phi) is 4.98. The van der Waals surface area contributed by atoms with Crippen LogP contribution in [0.25, 0.3) is 11.3 Å². The monoisotopic (exact) mass is 393 g/mol. The van der Waals surface area contributed by atoms with Crippen molar-refractivity contribution in [1.29, 1.82) is 0 Å². The summed E-state index contributed by atoms with van der Waals surface area (Å²) in [5.41, 5.74) is 1.49. The van der Waals surface area contributed by atoms with Gasteiger partial charge >= 0.3 is 0 Å². The zero-order valence-electron chi connectivity index (χ0n) is 13.5. The summed E-state index contributed by atoms with van der Waals surface area (Å²) in [4.78, 5) is 12.4. The van der Waals surface area contributed by atoms with E-state index in [-0.39, 0.29) is 9.77 Å². The van der Waals surface area contributed by atoms with Crippen LogP contribution in [-0.2, 0) is 17.1 Å². The Hall–Kier alpha value is -2.10. The van der Waals surface area contributed by atoms with Gasteiger partial charge in [-0.3, -0.25) is 9.52 Å². The molecule has 3 aromatic rings. The minimum atomic E-state index is -3.68. The van der Waals surface area contributed by atoms with Gasteiger partial charge in [-0.2, -0.15) is 5.10 Å². The van der Waals surface area contributed by atoms with Crippen molar-refractivity contribution in [3.63, 3.8) is 0 Å². The number of benzene rings is 1. The molecule has 2 aromatic heterocycles. The zero-order chi connectivity index (χ0) is 18.0. The highest BCUT2D eigenvalue weighted by Gasteiger charge is 2.18. The van der Waals surface area contributed by atoms with E-state index in [1.54, 1.807) is 54.5 Å². The third-order valence-corrected chi connectivity index (χ3v) is 6.96. The van der Waals surface area contributed by atoms with E-state index in [0.717, 1.165) is 16.2 Å². The molecule has 0 saturated heterocycles. The van der Waals surface area contributed by atoms with Gasteiger partial charge in [-0.05, 0) is 36.6 Å². The van der Waals surface area contributed by atoms with Crippen LogP contribution in [0.5, 0.6) is 0 Å². The summed E-state index contributed by atoms with van der Waals surface area (Å²) < 4.78 is 29.2. The van der Waals surface area contributed by atoms with Crippen molar-refractivity contribution < 1.29 is 8.42 Å². The molecule has 25 heavy (non-hydrogen) atoms. The second-order valence-electron chi connectivity index (χ2n) is 5.17. The Morgan fingerprint density at radius 1 is 1.20 bits per heavy atom. The molecule has 2 heterocycles. The van der Waals surface area contributed by atoms with Crippen molar-refractivity contribution in [3.05, 3.63) is 58.2 Å². The van der Waals surface area contributed by atoms with Gasteiger partial charge in [0.05, 0.1) is 5.69 Å². The van der Waals surface area contributed by atoms with E-state index in [9.17, 15) is 13.2 Å². The summed E-state index contributed by atoms with van der Waals surface area (Å²) in [5, 5.41) is 5.85. The molecule has 0 radical (unpaired) electrons. The first-order chi connectivity index (χ1) is 11.9. The van der Waals surface area contributed by atoms with Gasteiger partial charge in [0, 0.05) is 34.6 Å². The molecule has 0 fully saturated rings. The fraction of sp³-hybridized carbons (Fsp3) is 0.125. The number of rotatable bonds is 5. The van der Waals surface area contributed by atoms with E-state index < -0.39 is 10.0 Å². The number of thioether (sulfide) groups is 1. The third kappa shape index (κ3) is 3.94. The van der Waals surface area contributed by atoms with Gasteiger partial charge in [-0.1, -0.05) is 6.07 Å². The number of anilines is 1. The molecule has 0 aliphatic heterocycles. The van der Waals surface area contributed by atoms with E-state index in [1.165, 1.54) is 10.7 Å². The maximum atomic E-state index is 12.6. The van der Waals surface area contributed by atoms with Gasteiger partial charge in [-0.25, -0.2) is 13.1 Å². The van der Waals surface area contributed by atoms with Crippen molar-refractivity contribution in [2.45, 2.75) is 9.10 Å². The molecule has 0 atom stereocenters. The standard InChI is InChI=1S/C16H15N3O3S3/c1-19-15(20)7-6-14(17-19)11-8-16(24-10-11)25(21,22)18-12-4-3-5-13(9-12)23-2/h3-10,18H,1-2H3. The second kappa shape index (κ2) is 7.03. The second-order valence-corrected chi connectivity index (χ2v) is 8.87. The molecule has 1 N–H and O–H groups in total. The van der Waals surface area contributed by atoms with Crippen LogP contribution in [0.3, 0.4) is 0 Å². The molecule has 0 spiro atoms. The lowest BCUT2D eigenvalue weighted by molar-refractivity contribution is 0.603. The first-order valence-corrected chi connectivity index (χ1v) is 10.8. The minimum absolute atomic E-state index is 0.188. The lowest BCUT2D eigenvalue weighted by Gasteiger charge is -2.07. The number of nitrogens with one attached hydrogen (secondary N) is 1. The van der Waals surface area contributed by atoms with Gasteiger partial charge < -0.3 is 0 Å². The fourth-order valence-corrected chi connectivity index (χ4v) is 4.82. The van der Waals surface area contributed by atoms with Crippen LogP contribution in [0.1, 0.15) is 0 Å². The van der Waals surface area contributed by atoms with Crippen LogP contribution in [-0.4, -0.2) is 24.5 Å². The summed E-state index contributed by atoms with van der Waals surface area (Å²) in [7, 11) is -2.13. The molecule has 1 aromatic carbocycles. The van der Waals surface area contributed by atoms with E-state index >= 15 is 0 Å². The van der Waals surface area contributed by atoms with Crippen molar-refractivity contribution in [2.75, 3.05) is 11.0 Å². The van der Waals surface area contributed by atoms with Crippen molar-refractivity contribution >= 4 is 38.8 Å². The molecular weight excluding hydrogens is 378 g/mol. The Morgan fingerprint density at radius 3 is 2.72 bits per heavy atom. The Bertz CT molecular complexity index is 1070. The van der Waals surface area contributed by atoms with Crippen LogP contribution in [0, 0.1) is 0 Å². The van der Waals surface area contributed by atoms with E-state index in [4.69, 9.17) is 0 Å².